The molecule has 0 saturated carbocycles. The molecule has 1 aromatic carbocycles. The second-order valence-electron chi connectivity index (χ2n) is 6.16. The average Bonchev–Trinajstić information content (AvgIpc) is 3.05. The van der Waals surface area contributed by atoms with Crippen LogP contribution in [0.25, 0.3) is 17.2 Å². The third-order valence-electron chi connectivity index (χ3n) is 4.05. The number of amides is 1. The molecule has 0 radical (unpaired) electrons. The number of imidazole rings is 1. The van der Waals surface area contributed by atoms with E-state index >= 15 is 0 Å². The van der Waals surface area contributed by atoms with Gasteiger partial charge in [0.25, 0.3) is 5.91 Å². The van der Waals surface area contributed by atoms with Gasteiger partial charge in [0, 0.05) is 26.2 Å². The van der Waals surface area contributed by atoms with E-state index in [0.29, 0.717) is 23.3 Å². The van der Waals surface area contributed by atoms with Gasteiger partial charge in [0.1, 0.15) is 5.82 Å². The fourth-order valence-corrected chi connectivity index (χ4v) is 2.84. The van der Waals surface area contributed by atoms with E-state index in [1.54, 1.807) is 17.2 Å². The Balaban J connectivity index is 1.81. The molecule has 0 aliphatic rings. The van der Waals surface area contributed by atoms with Crippen LogP contribution in [0.3, 0.4) is 0 Å². The molecule has 0 aliphatic heterocycles. The van der Waals surface area contributed by atoms with Gasteiger partial charge in [-0.15, -0.1) is 0 Å². The van der Waals surface area contributed by atoms with E-state index in [1.165, 1.54) is 0 Å². The maximum absolute atomic E-state index is 12.9. The number of carbonyl (C=O) groups excluding carboxylic acids is 1. The van der Waals surface area contributed by atoms with E-state index < -0.39 is 0 Å². The highest BCUT2D eigenvalue weighted by molar-refractivity contribution is 6.04. The van der Waals surface area contributed by atoms with E-state index in [1.807, 2.05) is 39.1 Å². The first-order valence-electron chi connectivity index (χ1n) is 8.39. The Hall–Kier alpha value is -2.95. The minimum atomic E-state index is -0.0421. The van der Waals surface area contributed by atoms with Crippen LogP contribution in [-0.4, -0.2) is 39.4 Å². The zero-order valence-corrected chi connectivity index (χ0v) is 14.8. The fourth-order valence-electron chi connectivity index (χ4n) is 2.84. The second kappa shape index (κ2) is 7.30. The first kappa shape index (κ1) is 16.9. The zero-order valence-electron chi connectivity index (χ0n) is 14.8. The molecule has 1 N–H and O–H groups in total. The SMILES string of the molecule is CCc1nc2nccc(C(=O)N(C)C/C(C)=C/c3ccccc3)c2[nH]1. The summed E-state index contributed by atoms with van der Waals surface area (Å²) in [6.07, 6.45) is 4.51. The Labute approximate surface area is 147 Å². The van der Waals surface area contributed by atoms with Crippen LogP contribution in [0.2, 0.25) is 0 Å². The van der Waals surface area contributed by atoms with Crippen LogP contribution in [0, 0.1) is 0 Å². The van der Waals surface area contributed by atoms with E-state index in [9.17, 15) is 4.79 Å². The Kier molecular flexibility index (Phi) is 4.93. The van der Waals surface area contributed by atoms with E-state index in [2.05, 4.69) is 33.2 Å². The predicted molar refractivity (Wildman–Crippen MR) is 100 cm³/mol. The lowest BCUT2D eigenvalue weighted by Gasteiger charge is -2.18. The average molecular weight is 334 g/mol. The highest BCUT2D eigenvalue weighted by Gasteiger charge is 2.17. The lowest BCUT2D eigenvalue weighted by Crippen LogP contribution is -2.28. The van der Waals surface area contributed by atoms with Gasteiger partial charge in [0.05, 0.1) is 11.1 Å². The molecular formula is C20H22N4O. The summed E-state index contributed by atoms with van der Waals surface area (Å²) in [5.41, 5.74) is 4.15. The number of carbonyl (C=O) groups is 1. The molecule has 3 rings (SSSR count). The van der Waals surface area contributed by atoms with Crippen LogP contribution in [-0.2, 0) is 6.42 Å². The lowest BCUT2D eigenvalue weighted by atomic mass is 10.1. The van der Waals surface area contributed by atoms with Crippen molar-refractivity contribution in [3.05, 3.63) is 65.1 Å². The molecule has 1 amide bonds. The molecule has 2 aromatic heterocycles. The minimum absolute atomic E-state index is 0.0421. The van der Waals surface area contributed by atoms with Crippen molar-refractivity contribution >= 4 is 23.1 Å². The summed E-state index contributed by atoms with van der Waals surface area (Å²) in [5, 5.41) is 0. The maximum Gasteiger partial charge on any atom is 0.256 e. The summed E-state index contributed by atoms with van der Waals surface area (Å²) in [6.45, 7) is 4.61. The number of fused-ring (bicyclic) bond motifs is 1. The van der Waals surface area contributed by atoms with Gasteiger partial charge in [0.15, 0.2) is 5.65 Å². The summed E-state index contributed by atoms with van der Waals surface area (Å²) < 4.78 is 0. The van der Waals surface area contributed by atoms with E-state index in [-0.39, 0.29) is 5.91 Å². The zero-order chi connectivity index (χ0) is 17.8. The summed E-state index contributed by atoms with van der Waals surface area (Å²) in [7, 11) is 1.81. The van der Waals surface area contributed by atoms with Crippen molar-refractivity contribution in [3.63, 3.8) is 0 Å². The van der Waals surface area contributed by atoms with Crippen molar-refractivity contribution < 1.29 is 4.79 Å². The van der Waals surface area contributed by atoms with Crippen LogP contribution in [0.15, 0.2) is 48.2 Å². The van der Waals surface area contributed by atoms with Crippen molar-refractivity contribution in [2.45, 2.75) is 20.3 Å². The second-order valence-corrected chi connectivity index (χ2v) is 6.16. The largest absolute Gasteiger partial charge is 0.340 e. The first-order valence-corrected chi connectivity index (χ1v) is 8.39. The van der Waals surface area contributed by atoms with Crippen LogP contribution in [0.5, 0.6) is 0 Å². The maximum atomic E-state index is 12.9. The smallest absolute Gasteiger partial charge is 0.256 e. The number of aromatic nitrogens is 3. The molecule has 0 aliphatic carbocycles. The molecule has 0 unspecified atom stereocenters. The number of likely N-dealkylation sites (N-methyl/N-ethyl adjacent to an activating group) is 1. The van der Waals surface area contributed by atoms with Crippen molar-refractivity contribution in [2.24, 2.45) is 0 Å². The number of hydrogen-bond donors (Lipinski definition) is 1. The molecule has 5 heteroatoms. The van der Waals surface area contributed by atoms with Crippen LogP contribution in [0.4, 0.5) is 0 Å². The summed E-state index contributed by atoms with van der Waals surface area (Å²) >= 11 is 0. The van der Waals surface area contributed by atoms with E-state index in [4.69, 9.17) is 0 Å². The molecule has 0 atom stereocenters. The molecule has 0 fully saturated rings. The molecule has 0 spiro atoms. The number of aryl methyl sites for hydroxylation is 1. The molecule has 25 heavy (non-hydrogen) atoms. The first-order chi connectivity index (χ1) is 12.1. The number of benzene rings is 1. The van der Waals surface area contributed by atoms with Crippen molar-refractivity contribution in [1.82, 2.24) is 19.9 Å². The number of H-pyrrole nitrogens is 1. The summed E-state index contributed by atoms with van der Waals surface area (Å²) in [5.74, 6) is 0.796. The van der Waals surface area contributed by atoms with Gasteiger partial charge in [-0.05, 0) is 18.6 Å². The number of nitrogens with zero attached hydrogens (tertiary/aromatic N) is 3. The van der Waals surface area contributed by atoms with Gasteiger partial charge in [-0.3, -0.25) is 4.79 Å². The Bertz CT molecular complexity index is 912. The number of nitrogens with one attached hydrogen (secondary N) is 1. The number of aromatic amines is 1. The molecule has 0 bridgehead atoms. The van der Waals surface area contributed by atoms with Gasteiger partial charge in [0.2, 0.25) is 0 Å². The molecule has 128 valence electrons. The minimum Gasteiger partial charge on any atom is -0.340 e. The van der Waals surface area contributed by atoms with Crippen molar-refractivity contribution in [2.75, 3.05) is 13.6 Å². The van der Waals surface area contributed by atoms with Crippen LogP contribution >= 0.6 is 0 Å². The van der Waals surface area contributed by atoms with Crippen LogP contribution < -0.4 is 0 Å². The number of rotatable bonds is 5. The highest BCUT2D eigenvalue weighted by Crippen LogP contribution is 2.17. The Morgan fingerprint density at radius 2 is 2.00 bits per heavy atom. The monoisotopic (exact) mass is 334 g/mol. The molecular weight excluding hydrogens is 312 g/mol. The third kappa shape index (κ3) is 3.76. The summed E-state index contributed by atoms with van der Waals surface area (Å²) in [4.78, 5) is 26.4. The fraction of sp³-hybridized carbons (Fsp3) is 0.250. The number of pyridine rings is 1. The molecule has 3 aromatic rings. The van der Waals surface area contributed by atoms with Crippen molar-refractivity contribution in [1.29, 1.82) is 0 Å². The molecule has 5 nitrogen and oxygen atoms in total. The van der Waals surface area contributed by atoms with Gasteiger partial charge in [-0.1, -0.05) is 48.9 Å². The van der Waals surface area contributed by atoms with E-state index in [0.717, 1.165) is 23.4 Å². The highest BCUT2D eigenvalue weighted by atomic mass is 16.2. The Morgan fingerprint density at radius 1 is 1.24 bits per heavy atom. The van der Waals surface area contributed by atoms with Gasteiger partial charge < -0.3 is 9.88 Å². The van der Waals surface area contributed by atoms with Crippen molar-refractivity contribution in [3.8, 4) is 0 Å². The Morgan fingerprint density at radius 3 is 2.72 bits per heavy atom. The standard InChI is InChI=1S/C20H22N4O/c1-4-17-22-18-16(10-11-21-19(18)23-17)20(25)24(3)13-14(2)12-15-8-6-5-7-9-15/h5-12H,4,13H2,1-3H3,(H,21,22,23)/b14-12+. The van der Waals surface area contributed by atoms with Gasteiger partial charge in [-0.25, -0.2) is 9.97 Å². The normalized spacial score (nSPS) is 11.7. The topological polar surface area (TPSA) is 61.9 Å². The third-order valence-corrected chi connectivity index (χ3v) is 4.05. The van der Waals surface area contributed by atoms with Crippen LogP contribution in [0.1, 0.15) is 35.6 Å². The van der Waals surface area contributed by atoms with Gasteiger partial charge >= 0.3 is 0 Å². The summed E-state index contributed by atoms with van der Waals surface area (Å²) in [6, 6.07) is 11.8. The lowest BCUT2D eigenvalue weighted by molar-refractivity contribution is 0.0809. The van der Waals surface area contributed by atoms with Gasteiger partial charge in [-0.2, -0.15) is 0 Å². The predicted octanol–water partition coefficient (Wildman–Crippen LogP) is 3.70. The molecule has 2 heterocycles. The quantitative estimate of drug-likeness (QED) is 0.774. The number of hydrogen-bond acceptors (Lipinski definition) is 3. The molecule has 0 saturated heterocycles.